The Morgan fingerprint density at radius 3 is 2.46 bits per heavy atom. The zero-order valence-electron chi connectivity index (χ0n) is 19.5. The van der Waals surface area contributed by atoms with E-state index in [0.717, 1.165) is 43.4 Å². The molecule has 4 aliphatic rings. The Labute approximate surface area is 202 Å². The summed E-state index contributed by atoms with van der Waals surface area (Å²) in [5.41, 5.74) is 1.52. The summed E-state index contributed by atoms with van der Waals surface area (Å²) in [5, 5.41) is 16.9. The van der Waals surface area contributed by atoms with E-state index in [-0.39, 0.29) is 18.4 Å². The molecule has 1 aromatic carbocycles. The van der Waals surface area contributed by atoms with Crippen LogP contribution < -0.4 is 16.0 Å². The normalized spacial score (nSPS) is 30.1. The quantitative estimate of drug-likeness (QED) is 0.456. The second kappa shape index (κ2) is 8.98. The Kier molecular flexibility index (Phi) is 5.98. The Balaban J connectivity index is 1.18. The van der Waals surface area contributed by atoms with Crippen molar-refractivity contribution in [3.63, 3.8) is 0 Å². The molecule has 0 radical (unpaired) electrons. The molecule has 35 heavy (non-hydrogen) atoms. The molecular weight excluding hydrogens is 452 g/mol. The number of amides is 5. The number of carbonyl (C=O) groups is 5. The highest BCUT2D eigenvalue weighted by atomic mass is 16.4. The van der Waals surface area contributed by atoms with Gasteiger partial charge in [-0.1, -0.05) is 6.07 Å². The highest BCUT2D eigenvalue weighted by molar-refractivity contribution is 6.25. The minimum atomic E-state index is -0.972. The van der Waals surface area contributed by atoms with Crippen molar-refractivity contribution in [1.29, 1.82) is 0 Å². The van der Waals surface area contributed by atoms with Crippen LogP contribution in [0, 0.1) is 17.3 Å². The molecule has 1 unspecified atom stereocenters. The molecule has 1 aromatic rings. The monoisotopic (exact) mass is 482 g/mol. The van der Waals surface area contributed by atoms with E-state index in [4.69, 9.17) is 5.11 Å². The van der Waals surface area contributed by atoms with Crippen molar-refractivity contribution >= 4 is 35.4 Å². The standard InChI is InChI=1S/C25H30N4O6/c30-19-5-4-18(21(31)28-19)29-22(32)16-2-1-3-17(20(16)23(29)33)26-13-15-10-25(11-15)8-6-14(7-9-25)12-27-24(34)35/h1-3,14-15,18,26-27H,4-13H2,(H,34,35)(H,28,30,31). The summed E-state index contributed by atoms with van der Waals surface area (Å²) in [6.07, 6.45) is 5.78. The number of fused-ring (bicyclic) bond motifs is 1. The van der Waals surface area contributed by atoms with Crippen LogP contribution in [0.2, 0.25) is 0 Å². The number of hydrogen-bond acceptors (Lipinski definition) is 6. The smallest absolute Gasteiger partial charge is 0.404 e. The summed E-state index contributed by atoms with van der Waals surface area (Å²) in [6, 6.07) is 4.14. The lowest BCUT2D eigenvalue weighted by Gasteiger charge is -2.52. The van der Waals surface area contributed by atoms with Gasteiger partial charge in [0.25, 0.3) is 11.8 Å². The lowest BCUT2D eigenvalue weighted by molar-refractivity contribution is -0.136. The molecule has 2 saturated carbocycles. The zero-order valence-corrected chi connectivity index (χ0v) is 19.5. The zero-order chi connectivity index (χ0) is 24.7. The van der Waals surface area contributed by atoms with Gasteiger partial charge in [-0.05, 0) is 74.3 Å². The maximum atomic E-state index is 13.2. The molecule has 2 aliphatic carbocycles. The second-order valence-corrected chi connectivity index (χ2v) is 10.5. The number of benzene rings is 1. The number of carboxylic acid groups (broad SMARTS) is 1. The van der Waals surface area contributed by atoms with Crippen LogP contribution in [-0.2, 0) is 9.59 Å². The van der Waals surface area contributed by atoms with Gasteiger partial charge in [-0.3, -0.25) is 29.4 Å². The molecule has 1 spiro atoms. The number of nitrogens with zero attached hydrogens (tertiary/aromatic N) is 1. The summed E-state index contributed by atoms with van der Waals surface area (Å²) < 4.78 is 0. The van der Waals surface area contributed by atoms with E-state index < -0.39 is 35.8 Å². The van der Waals surface area contributed by atoms with Crippen LogP contribution in [0.1, 0.15) is 72.1 Å². The fraction of sp³-hybridized carbons (Fsp3) is 0.560. The molecular formula is C25H30N4O6. The van der Waals surface area contributed by atoms with E-state index in [1.807, 2.05) is 0 Å². The minimum Gasteiger partial charge on any atom is -0.465 e. The van der Waals surface area contributed by atoms with Gasteiger partial charge in [-0.2, -0.15) is 0 Å². The first kappa shape index (κ1) is 23.3. The molecule has 10 heteroatoms. The molecule has 1 atom stereocenters. The molecule has 3 fully saturated rings. The van der Waals surface area contributed by atoms with Crippen LogP contribution in [0.4, 0.5) is 10.5 Å². The summed E-state index contributed by atoms with van der Waals surface area (Å²) in [4.78, 5) is 61.7. The molecule has 2 aliphatic heterocycles. The number of imide groups is 2. The predicted octanol–water partition coefficient (Wildman–Crippen LogP) is 2.35. The number of rotatable bonds is 6. The van der Waals surface area contributed by atoms with Gasteiger partial charge in [-0.15, -0.1) is 0 Å². The predicted molar refractivity (Wildman–Crippen MR) is 125 cm³/mol. The minimum absolute atomic E-state index is 0.0924. The van der Waals surface area contributed by atoms with E-state index in [1.165, 1.54) is 0 Å². The summed E-state index contributed by atoms with van der Waals surface area (Å²) in [5.74, 6) is -1.12. The number of hydrogen-bond donors (Lipinski definition) is 4. The average Bonchev–Trinajstić information content (AvgIpc) is 3.06. The van der Waals surface area contributed by atoms with Crippen molar-refractivity contribution in [2.24, 2.45) is 17.3 Å². The molecule has 10 nitrogen and oxygen atoms in total. The van der Waals surface area contributed by atoms with Crippen LogP contribution in [0.5, 0.6) is 0 Å². The third-order valence-electron chi connectivity index (χ3n) is 8.20. The second-order valence-electron chi connectivity index (χ2n) is 10.5. The van der Waals surface area contributed by atoms with Crippen molar-refractivity contribution in [2.45, 2.75) is 57.4 Å². The summed E-state index contributed by atoms with van der Waals surface area (Å²) >= 11 is 0. The molecule has 4 N–H and O–H groups in total. The number of piperidine rings is 1. The maximum absolute atomic E-state index is 13.2. The number of nitrogens with one attached hydrogen (secondary N) is 3. The van der Waals surface area contributed by atoms with Gasteiger partial charge in [0.05, 0.1) is 11.1 Å². The fourth-order valence-electron chi connectivity index (χ4n) is 6.36. The van der Waals surface area contributed by atoms with E-state index in [0.29, 0.717) is 41.6 Å². The van der Waals surface area contributed by atoms with Gasteiger partial charge < -0.3 is 15.7 Å². The van der Waals surface area contributed by atoms with E-state index in [1.54, 1.807) is 18.2 Å². The van der Waals surface area contributed by atoms with Crippen LogP contribution >= 0.6 is 0 Å². The molecule has 5 rings (SSSR count). The van der Waals surface area contributed by atoms with E-state index in [9.17, 15) is 24.0 Å². The Morgan fingerprint density at radius 1 is 1.03 bits per heavy atom. The van der Waals surface area contributed by atoms with Crippen LogP contribution in [-0.4, -0.2) is 58.9 Å². The largest absolute Gasteiger partial charge is 0.465 e. The van der Waals surface area contributed by atoms with Gasteiger partial charge in [0.1, 0.15) is 6.04 Å². The van der Waals surface area contributed by atoms with Crippen LogP contribution in [0.25, 0.3) is 0 Å². The van der Waals surface area contributed by atoms with Crippen molar-refractivity contribution < 1.29 is 29.1 Å². The lowest BCUT2D eigenvalue weighted by Crippen LogP contribution is -2.54. The van der Waals surface area contributed by atoms with Gasteiger partial charge in [0.2, 0.25) is 11.8 Å². The Bertz CT molecular complexity index is 1090. The van der Waals surface area contributed by atoms with Gasteiger partial charge in [-0.25, -0.2) is 4.79 Å². The molecule has 5 amide bonds. The summed E-state index contributed by atoms with van der Waals surface area (Å²) in [6.45, 7) is 1.22. The third-order valence-corrected chi connectivity index (χ3v) is 8.20. The average molecular weight is 483 g/mol. The van der Waals surface area contributed by atoms with Crippen molar-refractivity contribution in [1.82, 2.24) is 15.5 Å². The molecule has 2 heterocycles. The molecule has 0 bridgehead atoms. The van der Waals surface area contributed by atoms with Crippen LogP contribution in [0.3, 0.4) is 0 Å². The SMILES string of the molecule is O=C(O)NCC1CCC2(CC1)CC(CNc1cccc3c1C(=O)N(C1CCC(=O)NC1=O)C3=O)C2. The first-order valence-electron chi connectivity index (χ1n) is 12.3. The van der Waals surface area contributed by atoms with Crippen molar-refractivity contribution in [3.8, 4) is 0 Å². The third kappa shape index (κ3) is 4.37. The Morgan fingerprint density at radius 2 is 1.77 bits per heavy atom. The van der Waals surface area contributed by atoms with E-state index >= 15 is 0 Å². The van der Waals surface area contributed by atoms with Crippen LogP contribution in [0.15, 0.2) is 18.2 Å². The number of anilines is 1. The lowest BCUT2D eigenvalue weighted by atomic mass is 9.54. The molecule has 186 valence electrons. The highest BCUT2D eigenvalue weighted by Crippen LogP contribution is 2.55. The number of carbonyl (C=O) groups excluding carboxylic acids is 4. The highest BCUT2D eigenvalue weighted by Gasteiger charge is 2.47. The first-order valence-corrected chi connectivity index (χ1v) is 12.3. The molecule has 1 saturated heterocycles. The topological polar surface area (TPSA) is 145 Å². The van der Waals surface area contributed by atoms with Gasteiger partial charge >= 0.3 is 6.09 Å². The van der Waals surface area contributed by atoms with Gasteiger partial charge in [0, 0.05) is 25.2 Å². The van der Waals surface area contributed by atoms with Crippen molar-refractivity contribution in [3.05, 3.63) is 29.3 Å². The maximum Gasteiger partial charge on any atom is 0.404 e. The first-order chi connectivity index (χ1) is 16.8. The van der Waals surface area contributed by atoms with E-state index in [2.05, 4.69) is 16.0 Å². The Hall–Kier alpha value is -3.43. The molecule has 0 aromatic heterocycles. The summed E-state index contributed by atoms with van der Waals surface area (Å²) in [7, 11) is 0. The van der Waals surface area contributed by atoms with Crippen molar-refractivity contribution in [2.75, 3.05) is 18.4 Å². The van der Waals surface area contributed by atoms with Gasteiger partial charge in [0.15, 0.2) is 0 Å². The fourth-order valence-corrected chi connectivity index (χ4v) is 6.36.